The van der Waals surface area contributed by atoms with Gasteiger partial charge in [-0.3, -0.25) is 14.3 Å². The Labute approximate surface area is 168 Å². The van der Waals surface area contributed by atoms with Crippen LogP contribution in [0.5, 0.6) is 0 Å². The molecule has 2 heterocycles. The average molecular weight is 394 g/mol. The zero-order valence-electron chi connectivity index (χ0n) is 16.1. The minimum absolute atomic E-state index is 0.104. The van der Waals surface area contributed by atoms with Gasteiger partial charge in [0.25, 0.3) is 11.8 Å². The van der Waals surface area contributed by atoms with Gasteiger partial charge in [0.1, 0.15) is 6.67 Å². The molecule has 2 aromatic carbocycles. The largest absolute Gasteiger partial charge is 0.348 e. The normalized spacial score (nSPS) is 16.7. The van der Waals surface area contributed by atoms with Crippen molar-refractivity contribution in [2.45, 2.75) is 25.4 Å². The van der Waals surface area contributed by atoms with Gasteiger partial charge < -0.3 is 10.2 Å². The number of piperidine rings is 1. The third-order valence-corrected chi connectivity index (χ3v) is 5.25. The number of fused-ring (bicyclic) bond motifs is 1. The van der Waals surface area contributed by atoms with Gasteiger partial charge in [-0.1, -0.05) is 30.3 Å². The third kappa shape index (κ3) is 4.29. The van der Waals surface area contributed by atoms with Crippen LogP contribution < -0.4 is 5.32 Å². The summed E-state index contributed by atoms with van der Waals surface area (Å²) in [5.74, 6) is -0.273. The summed E-state index contributed by atoms with van der Waals surface area (Å²) in [6, 6.07) is 13.5. The molecule has 1 atom stereocenters. The van der Waals surface area contributed by atoms with E-state index in [0.717, 1.165) is 23.6 Å². The lowest BCUT2D eigenvalue weighted by Gasteiger charge is -2.33. The molecule has 150 valence electrons. The Morgan fingerprint density at radius 1 is 1.14 bits per heavy atom. The highest BCUT2D eigenvalue weighted by molar-refractivity contribution is 5.99. The molecule has 0 bridgehead atoms. The van der Waals surface area contributed by atoms with Crippen molar-refractivity contribution in [2.75, 3.05) is 19.8 Å². The first kappa shape index (κ1) is 19.1. The van der Waals surface area contributed by atoms with E-state index >= 15 is 0 Å². The van der Waals surface area contributed by atoms with Gasteiger partial charge in [0.05, 0.1) is 18.3 Å². The second-order valence-corrected chi connectivity index (χ2v) is 7.31. The van der Waals surface area contributed by atoms with Crippen molar-refractivity contribution in [1.82, 2.24) is 20.0 Å². The highest BCUT2D eigenvalue weighted by Crippen LogP contribution is 2.17. The lowest BCUT2D eigenvalue weighted by atomic mass is 10.0. The first-order chi connectivity index (χ1) is 14.1. The fraction of sp³-hybridized carbons (Fsp3) is 0.318. The van der Waals surface area contributed by atoms with Crippen LogP contribution in [0.15, 0.2) is 54.9 Å². The van der Waals surface area contributed by atoms with Gasteiger partial charge in [0, 0.05) is 30.9 Å². The Hall–Kier alpha value is -3.22. The van der Waals surface area contributed by atoms with Crippen molar-refractivity contribution in [2.24, 2.45) is 0 Å². The smallest absolute Gasteiger partial charge is 0.257 e. The molecule has 2 amide bonds. The van der Waals surface area contributed by atoms with Gasteiger partial charge in [-0.15, -0.1) is 0 Å². The van der Waals surface area contributed by atoms with Gasteiger partial charge in [-0.2, -0.15) is 5.10 Å². The van der Waals surface area contributed by atoms with Crippen molar-refractivity contribution in [1.29, 1.82) is 0 Å². The van der Waals surface area contributed by atoms with Crippen LogP contribution in [0.3, 0.4) is 0 Å². The van der Waals surface area contributed by atoms with Crippen molar-refractivity contribution in [3.63, 3.8) is 0 Å². The Bertz CT molecular complexity index is 1030. The summed E-state index contributed by atoms with van der Waals surface area (Å²) in [5, 5.41) is 9.18. The van der Waals surface area contributed by atoms with E-state index in [9.17, 15) is 14.0 Å². The van der Waals surface area contributed by atoms with Crippen LogP contribution in [-0.4, -0.2) is 52.3 Å². The van der Waals surface area contributed by atoms with E-state index in [-0.39, 0.29) is 24.4 Å². The number of carbonyl (C=O) groups is 2. The summed E-state index contributed by atoms with van der Waals surface area (Å²) in [7, 11) is 0. The van der Waals surface area contributed by atoms with Crippen LogP contribution in [0.4, 0.5) is 4.39 Å². The van der Waals surface area contributed by atoms with Gasteiger partial charge in [-0.05, 0) is 35.7 Å². The number of hydrogen-bond acceptors (Lipinski definition) is 3. The average Bonchev–Trinajstić information content (AvgIpc) is 3.22. The molecule has 3 aromatic rings. The number of nitrogens with one attached hydrogen (secondary N) is 1. The predicted octanol–water partition coefficient (Wildman–Crippen LogP) is 3.04. The number of halogens is 1. The van der Waals surface area contributed by atoms with E-state index in [2.05, 4.69) is 10.4 Å². The molecule has 7 heteroatoms. The second-order valence-electron chi connectivity index (χ2n) is 7.31. The molecule has 1 aliphatic heterocycles. The lowest BCUT2D eigenvalue weighted by molar-refractivity contribution is 0.0676. The van der Waals surface area contributed by atoms with E-state index in [1.54, 1.807) is 11.1 Å². The number of hydrogen-bond donors (Lipinski definition) is 1. The molecule has 0 radical (unpaired) electrons. The first-order valence-electron chi connectivity index (χ1n) is 9.81. The molecule has 0 spiro atoms. The Morgan fingerprint density at radius 3 is 2.79 bits per heavy atom. The number of likely N-dealkylation sites (tertiary alicyclic amines) is 1. The zero-order chi connectivity index (χ0) is 20.2. The van der Waals surface area contributed by atoms with E-state index in [1.165, 1.54) is 10.9 Å². The molecule has 1 fully saturated rings. The molecule has 1 saturated heterocycles. The number of amides is 2. The minimum Gasteiger partial charge on any atom is -0.348 e. The van der Waals surface area contributed by atoms with Gasteiger partial charge in [-0.25, -0.2) is 4.39 Å². The van der Waals surface area contributed by atoms with Crippen LogP contribution in [0.25, 0.3) is 10.8 Å². The highest BCUT2D eigenvalue weighted by atomic mass is 19.1. The molecule has 1 unspecified atom stereocenters. The first-order valence-corrected chi connectivity index (χ1v) is 9.81. The van der Waals surface area contributed by atoms with Crippen molar-refractivity contribution in [3.05, 3.63) is 66.0 Å². The summed E-state index contributed by atoms with van der Waals surface area (Å²) in [4.78, 5) is 27.2. The molecule has 4 rings (SSSR count). The summed E-state index contributed by atoms with van der Waals surface area (Å²) < 4.78 is 13.9. The van der Waals surface area contributed by atoms with Crippen LogP contribution >= 0.6 is 0 Å². The SMILES string of the molecule is O=C(NC1CCCN(C(=O)c2cnn(CCF)c2)C1)c1ccc2ccccc2c1. The number of rotatable bonds is 5. The predicted molar refractivity (Wildman–Crippen MR) is 109 cm³/mol. The standard InChI is InChI=1S/C22H23FN4O2/c23-9-11-27-14-19(13-24-27)22(29)26-10-3-6-20(15-26)25-21(28)18-8-7-16-4-1-2-5-17(16)12-18/h1-2,4-5,7-8,12-14,20H,3,6,9-11,15H2,(H,25,28). The molecule has 1 N–H and O–H groups in total. The minimum atomic E-state index is -0.526. The van der Waals surface area contributed by atoms with E-state index in [1.807, 2.05) is 42.5 Å². The fourth-order valence-electron chi connectivity index (χ4n) is 3.74. The molecular formula is C22H23FN4O2. The maximum Gasteiger partial charge on any atom is 0.257 e. The number of alkyl halides is 1. The molecule has 1 aliphatic rings. The van der Waals surface area contributed by atoms with Crippen LogP contribution in [0, 0.1) is 0 Å². The van der Waals surface area contributed by atoms with Gasteiger partial charge >= 0.3 is 0 Å². The Kier molecular flexibility index (Phi) is 5.55. The van der Waals surface area contributed by atoms with E-state index in [0.29, 0.717) is 24.2 Å². The fourth-order valence-corrected chi connectivity index (χ4v) is 3.74. The maximum atomic E-state index is 12.7. The number of nitrogens with zero attached hydrogens (tertiary/aromatic N) is 3. The van der Waals surface area contributed by atoms with Crippen molar-refractivity contribution < 1.29 is 14.0 Å². The molecule has 1 aromatic heterocycles. The number of benzene rings is 2. The lowest BCUT2D eigenvalue weighted by Crippen LogP contribution is -2.49. The quantitative estimate of drug-likeness (QED) is 0.723. The van der Waals surface area contributed by atoms with E-state index in [4.69, 9.17) is 0 Å². The summed E-state index contributed by atoms with van der Waals surface area (Å²) in [6.45, 7) is 0.696. The Morgan fingerprint density at radius 2 is 1.97 bits per heavy atom. The van der Waals surface area contributed by atoms with Gasteiger partial charge in [0.15, 0.2) is 0 Å². The van der Waals surface area contributed by atoms with Crippen molar-refractivity contribution in [3.8, 4) is 0 Å². The monoisotopic (exact) mass is 394 g/mol. The number of aryl methyl sites for hydroxylation is 1. The molecule has 0 saturated carbocycles. The molecule has 0 aliphatic carbocycles. The second kappa shape index (κ2) is 8.43. The van der Waals surface area contributed by atoms with Crippen LogP contribution in [0.2, 0.25) is 0 Å². The van der Waals surface area contributed by atoms with Gasteiger partial charge in [0.2, 0.25) is 0 Å². The van der Waals surface area contributed by atoms with E-state index < -0.39 is 6.67 Å². The number of aromatic nitrogens is 2. The topological polar surface area (TPSA) is 67.2 Å². The third-order valence-electron chi connectivity index (χ3n) is 5.25. The zero-order valence-corrected chi connectivity index (χ0v) is 16.1. The van der Waals surface area contributed by atoms with Crippen LogP contribution in [-0.2, 0) is 6.54 Å². The summed E-state index contributed by atoms with van der Waals surface area (Å²) in [5.41, 5.74) is 1.06. The number of carbonyl (C=O) groups excluding carboxylic acids is 2. The van der Waals surface area contributed by atoms with Crippen molar-refractivity contribution >= 4 is 22.6 Å². The summed E-state index contributed by atoms with van der Waals surface area (Å²) >= 11 is 0. The molecular weight excluding hydrogens is 371 g/mol. The molecule has 29 heavy (non-hydrogen) atoms. The highest BCUT2D eigenvalue weighted by Gasteiger charge is 2.26. The maximum absolute atomic E-state index is 12.7. The molecule has 6 nitrogen and oxygen atoms in total. The van der Waals surface area contributed by atoms with Crippen LogP contribution in [0.1, 0.15) is 33.6 Å². The Balaban J connectivity index is 1.40. The summed E-state index contributed by atoms with van der Waals surface area (Å²) in [6.07, 6.45) is 4.67.